The van der Waals surface area contributed by atoms with Gasteiger partial charge in [-0.05, 0) is 59.1 Å². The van der Waals surface area contributed by atoms with Crippen molar-refractivity contribution >= 4 is 21.7 Å². The van der Waals surface area contributed by atoms with Gasteiger partial charge in [-0.25, -0.2) is 4.39 Å². The van der Waals surface area contributed by atoms with Crippen molar-refractivity contribution in [3.63, 3.8) is 0 Å². The molecule has 1 nitrogen and oxygen atoms in total. The summed E-state index contributed by atoms with van der Waals surface area (Å²) in [6.45, 7) is 3.94. The number of rotatable bonds is 2. The average Bonchev–Trinajstić information content (AvgIpc) is 2.35. The van der Waals surface area contributed by atoms with Crippen LogP contribution in [-0.2, 0) is 0 Å². The van der Waals surface area contributed by atoms with E-state index in [4.69, 9.17) is 0 Å². The Morgan fingerprint density at radius 3 is 2.50 bits per heavy atom. The molecule has 0 aliphatic carbocycles. The zero-order chi connectivity index (χ0) is 13.3. The standard InChI is InChI=1S/C15H12BrFO/c1-9-6-7-11(8-10(9)2)15(18)12-4-3-5-13(17)14(12)16/h3-8H,1-2H3. The van der Waals surface area contributed by atoms with E-state index in [1.807, 2.05) is 26.0 Å². The molecule has 0 fully saturated rings. The van der Waals surface area contributed by atoms with Crippen LogP contribution in [0.25, 0.3) is 0 Å². The third-order valence-electron chi connectivity index (χ3n) is 2.97. The molecule has 0 saturated carbocycles. The maximum atomic E-state index is 13.4. The van der Waals surface area contributed by atoms with E-state index in [1.54, 1.807) is 12.1 Å². The molecule has 0 amide bonds. The first-order valence-corrected chi connectivity index (χ1v) is 6.36. The fourth-order valence-corrected chi connectivity index (χ4v) is 2.16. The molecule has 2 aromatic rings. The van der Waals surface area contributed by atoms with Crippen molar-refractivity contribution < 1.29 is 9.18 Å². The molecule has 2 aromatic carbocycles. The van der Waals surface area contributed by atoms with Gasteiger partial charge < -0.3 is 0 Å². The summed E-state index contributed by atoms with van der Waals surface area (Å²) < 4.78 is 13.6. The van der Waals surface area contributed by atoms with Crippen molar-refractivity contribution in [3.8, 4) is 0 Å². The molecular weight excluding hydrogens is 295 g/mol. The minimum Gasteiger partial charge on any atom is -0.289 e. The summed E-state index contributed by atoms with van der Waals surface area (Å²) in [5.74, 6) is -0.603. The molecule has 0 N–H and O–H groups in total. The topological polar surface area (TPSA) is 17.1 Å². The SMILES string of the molecule is Cc1ccc(C(=O)c2cccc(F)c2Br)cc1C. The summed E-state index contributed by atoms with van der Waals surface area (Å²) in [6, 6.07) is 9.97. The Balaban J connectivity index is 2.48. The first-order chi connectivity index (χ1) is 8.50. The molecule has 0 spiro atoms. The smallest absolute Gasteiger partial charge is 0.194 e. The van der Waals surface area contributed by atoms with Crippen LogP contribution in [0.4, 0.5) is 4.39 Å². The minimum atomic E-state index is -0.426. The van der Waals surface area contributed by atoms with Gasteiger partial charge in [-0.3, -0.25) is 4.79 Å². The Kier molecular flexibility index (Phi) is 3.62. The lowest BCUT2D eigenvalue weighted by molar-refractivity contribution is 0.103. The fourth-order valence-electron chi connectivity index (χ4n) is 1.72. The molecule has 0 heterocycles. The van der Waals surface area contributed by atoms with Crippen molar-refractivity contribution in [1.29, 1.82) is 0 Å². The summed E-state index contributed by atoms with van der Waals surface area (Å²) >= 11 is 3.12. The number of carbonyl (C=O) groups is 1. The summed E-state index contributed by atoms with van der Waals surface area (Å²) in [5, 5.41) is 0. The van der Waals surface area contributed by atoms with Gasteiger partial charge in [-0.2, -0.15) is 0 Å². The average molecular weight is 307 g/mol. The first kappa shape index (κ1) is 13.0. The van der Waals surface area contributed by atoms with Crippen LogP contribution in [0.15, 0.2) is 40.9 Å². The predicted octanol–water partition coefficient (Wildman–Crippen LogP) is 4.44. The normalized spacial score (nSPS) is 10.4. The minimum absolute atomic E-state index is 0.176. The molecular formula is C15H12BrFO. The van der Waals surface area contributed by atoms with Gasteiger partial charge in [-0.1, -0.05) is 18.2 Å². The summed E-state index contributed by atoms with van der Waals surface area (Å²) in [5.41, 5.74) is 3.10. The van der Waals surface area contributed by atoms with Crippen LogP contribution in [-0.4, -0.2) is 5.78 Å². The monoisotopic (exact) mass is 306 g/mol. The zero-order valence-electron chi connectivity index (χ0n) is 10.1. The van der Waals surface area contributed by atoms with E-state index in [2.05, 4.69) is 15.9 Å². The van der Waals surface area contributed by atoms with Gasteiger partial charge in [0.25, 0.3) is 0 Å². The predicted molar refractivity (Wildman–Crippen MR) is 73.4 cm³/mol. The molecule has 0 atom stereocenters. The van der Waals surface area contributed by atoms with Gasteiger partial charge in [0, 0.05) is 11.1 Å². The number of halogens is 2. The Hall–Kier alpha value is -1.48. The molecule has 3 heteroatoms. The van der Waals surface area contributed by atoms with Crippen LogP contribution in [0.2, 0.25) is 0 Å². The van der Waals surface area contributed by atoms with E-state index >= 15 is 0 Å². The molecule has 0 radical (unpaired) electrons. The molecule has 92 valence electrons. The third-order valence-corrected chi connectivity index (χ3v) is 3.77. The van der Waals surface area contributed by atoms with Crippen molar-refractivity contribution in [2.24, 2.45) is 0 Å². The van der Waals surface area contributed by atoms with E-state index in [0.29, 0.717) is 11.1 Å². The van der Waals surface area contributed by atoms with Gasteiger partial charge >= 0.3 is 0 Å². The highest BCUT2D eigenvalue weighted by Gasteiger charge is 2.15. The van der Waals surface area contributed by atoms with Crippen molar-refractivity contribution in [1.82, 2.24) is 0 Å². The molecule has 0 aliphatic rings. The van der Waals surface area contributed by atoms with Crippen LogP contribution in [0.5, 0.6) is 0 Å². The van der Waals surface area contributed by atoms with E-state index < -0.39 is 5.82 Å². The highest BCUT2D eigenvalue weighted by molar-refractivity contribution is 9.10. The van der Waals surface area contributed by atoms with Gasteiger partial charge in [0.2, 0.25) is 0 Å². The van der Waals surface area contributed by atoms with Crippen LogP contribution < -0.4 is 0 Å². The van der Waals surface area contributed by atoms with Crippen molar-refractivity contribution in [3.05, 3.63) is 68.9 Å². The van der Waals surface area contributed by atoms with E-state index in [0.717, 1.165) is 11.1 Å². The number of hydrogen-bond acceptors (Lipinski definition) is 1. The lowest BCUT2D eigenvalue weighted by atomic mass is 9.99. The summed E-state index contributed by atoms with van der Waals surface area (Å²) in [6.07, 6.45) is 0. The van der Waals surface area contributed by atoms with Crippen molar-refractivity contribution in [2.75, 3.05) is 0 Å². The van der Waals surface area contributed by atoms with Crippen LogP contribution in [0, 0.1) is 19.7 Å². The van der Waals surface area contributed by atoms with Gasteiger partial charge in [0.05, 0.1) is 4.47 Å². The number of benzene rings is 2. The Morgan fingerprint density at radius 2 is 1.83 bits per heavy atom. The second-order valence-corrected chi connectivity index (χ2v) is 5.02. The summed E-state index contributed by atoms with van der Waals surface area (Å²) in [7, 11) is 0. The van der Waals surface area contributed by atoms with Gasteiger partial charge in [0.1, 0.15) is 5.82 Å². The number of aryl methyl sites for hydroxylation is 2. The number of carbonyl (C=O) groups excluding carboxylic acids is 1. The van der Waals surface area contributed by atoms with Crippen LogP contribution in [0.3, 0.4) is 0 Å². The molecule has 2 rings (SSSR count). The van der Waals surface area contributed by atoms with Gasteiger partial charge in [-0.15, -0.1) is 0 Å². The highest BCUT2D eigenvalue weighted by Crippen LogP contribution is 2.23. The maximum absolute atomic E-state index is 13.4. The Morgan fingerprint density at radius 1 is 1.11 bits per heavy atom. The fraction of sp³-hybridized carbons (Fsp3) is 0.133. The molecule has 18 heavy (non-hydrogen) atoms. The number of ketones is 1. The van der Waals surface area contributed by atoms with Crippen LogP contribution >= 0.6 is 15.9 Å². The highest BCUT2D eigenvalue weighted by atomic mass is 79.9. The van der Waals surface area contributed by atoms with E-state index in [9.17, 15) is 9.18 Å². The van der Waals surface area contributed by atoms with Crippen molar-refractivity contribution in [2.45, 2.75) is 13.8 Å². The first-order valence-electron chi connectivity index (χ1n) is 5.56. The quantitative estimate of drug-likeness (QED) is 0.750. The zero-order valence-corrected chi connectivity index (χ0v) is 11.7. The second kappa shape index (κ2) is 5.02. The molecule has 0 unspecified atom stereocenters. The molecule has 0 aromatic heterocycles. The second-order valence-electron chi connectivity index (χ2n) is 4.23. The lowest BCUT2D eigenvalue weighted by Crippen LogP contribution is -2.04. The maximum Gasteiger partial charge on any atom is 0.194 e. The van der Waals surface area contributed by atoms with E-state index in [-0.39, 0.29) is 10.3 Å². The lowest BCUT2D eigenvalue weighted by Gasteiger charge is -2.07. The molecule has 0 aliphatic heterocycles. The van der Waals surface area contributed by atoms with E-state index in [1.165, 1.54) is 12.1 Å². The van der Waals surface area contributed by atoms with Crippen LogP contribution in [0.1, 0.15) is 27.0 Å². The molecule has 0 bridgehead atoms. The Bertz CT molecular complexity index is 620. The van der Waals surface area contributed by atoms with Gasteiger partial charge in [0.15, 0.2) is 5.78 Å². The summed E-state index contributed by atoms with van der Waals surface area (Å²) in [4.78, 5) is 12.3. The largest absolute Gasteiger partial charge is 0.289 e. The molecule has 0 saturated heterocycles. The number of hydrogen-bond donors (Lipinski definition) is 0. The third kappa shape index (κ3) is 2.36. The Labute approximate surface area is 114 Å².